The van der Waals surface area contributed by atoms with Gasteiger partial charge in [0.2, 0.25) is 16.7 Å². The SMILES string of the molecule is COc1cc(C=CC(=O)Br)cc(OC)c1O[C@H]1O[C@H](COCc2ccccc2)[C@@H](OCc2ccccc2)[C@H](OCc2ccccc2)[C@@H]1OCc1ccccc1. The Kier molecular flexibility index (Phi) is 15.0. The van der Waals surface area contributed by atoms with Crippen molar-refractivity contribution in [3.63, 3.8) is 0 Å². The lowest BCUT2D eigenvalue weighted by Gasteiger charge is -2.45. The van der Waals surface area contributed by atoms with Crippen LogP contribution in [0.1, 0.15) is 27.8 Å². The van der Waals surface area contributed by atoms with E-state index in [9.17, 15) is 4.79 Å². The van der Waals surface area contributed by atoms with Crippen LogP contribution in [0.25, 0.3) is 6.08 Å². The standard InChI is InChI=1S/C45H45BrO9/c1-48-37-25-36(23-24-40(46)47)26-38(49-2)41(37)55-45-44(53-30-35-21-13-6-14-22-35)43(52-29-34-19-11-5-12-20-34)42(51-28-33-17-9-4-10-18-33)39(54-45)31-50-27-32-15-7-3-8-16-32/h3-26,39,42-45H,27-31H2,1-2H3/t39-,42-,43+,44+,45-/m1/s1. The lowest BCUT2D eigenvalue weighted by Crippen LogP contribution is -2.62. The van der Waals surface area contributed by atoms with E-state index in [2.05, 4.69) is 15.9 Å². The molecule has 0 amide bonds. The maximum Gasteiger partial charge on any atom is 0.229 e. The molecule has 1 saturated heterocycles. The van der Waals surface area contributed by atoms with Crippen molar-refractivity contribution >= 4 is 26.7 Å². The van der Waals surface area contributed by atoms with E-state index >= 15 is 0 Å². The summed E-state index contributed by atoms with van der Waals surface area (Å²) in [5, 5.41) is 0. The average Bonchev–Trinajstić information content (AvgIpc) is 3.23. The zero-order chi connectivity index (χ0) is 38.2. The number of hydrogen-bond acceptors (Lipinski definition) is 9. The van der Waals surface area contributed by atoms with E-state index in [-0.39, 0.29) is 24.5 Å². The minimum Gasteiger partial charge on any atom is -0.493 e. The molecule has 0 spiro atoms. The van der Waals surface area contributed by atoms with Crippen molar-refractivity contribution in [2.24, 2.45) is 0 Å². The summed E-state index contributed by atoms with van der Waals surface area (Å²) in [7, 11) is 3.07. The molecule has 0 bridgehead atoms. The molecule has 0 N–H and O–H groups in total. The molecule has 5 aromatic rings. The topological polar surface area (TPSA) is 90.9 Å². The molecule has 10 heteroatoms. The number of allylic oxidation sites excluding steroid dienone is 1. The molecule has 1 fully saturated rings. The fraction of sp³-hybridized carbons (Fsp3) is 0.267. The van der Waals surface area contributed by atoms with Crippen LogP contribution in [-0.4, -0.2) is 56.2 Å². The second-order valence-corrected chi connectivity index (χ2v) is 13.6. The van der Waals surface area contributed by atoms with E-state index in [1.165, 1.54) is 20.3 Å². The van der Waals surface area contributed by atoms with Crippen molar-refractivity contribution in [1.29, 1.82) is 0 Å². The molecule has 9 nitrogen and oxygen atoms in total. The Balaban J connectivity index is 1.39. The Labute approximate surface area is 330 Å². The van der Waals surface area contributed by atoms with Crippen LogP contribution in [0.5, 0.6) is 17.2 Å². The van der Waals surface area contributed by atoms with Gasteiger partial charge in [0.1, 0.15) is 24.4 Å². The zero-order valence-electron chi connectivity index (χ0n) is 30.8. The maximum atomic E-state index is 11.7. The van der Waals surface area contributed by atoms with Gasteiger partial charge in [0.15, 0.2) is 11.5 Å². The predicted octanol–water partition coefficient (Wildman–Crippen LogP) is 8.72. The Morgan fingerprint density at radius 3 is 1.51 bits per heavy atom. The number of hydrogen-bond donors (Lipinski definition) is 0. The van der Waals surface area contributed by atoms with Gasteiger partial charge < -0.3 is 37.9 Å². The summed E-state index contributed by atoms with van der Waals surface area (Å²) in [6.45, 7) is 1.38. The molecule has 0 unspecified atom stereocenters. The summed E-state index contributed by atoms with van der Waals surface area (Å²) >= 11 is 2.94. The van der Waals surface area contributed by atoms with Crippen molar-refractivity contribution in [2.75, 3.05) is 20.8 Å². The second-order valence-electron chi connectivity index (χ2n) is 12.8. The summed E-state index contributed by atoms with van der Waals surface area (Å²) in [4.78, 5) is 11.7. The molecule has 6 rings (SSSR count). The Morgan fingerprint density at radius 1 is 0.618 bits per heavy atom. The lowest BCUT2D eigenvalue weighted by atomic mass is 9.97. The van der Waals surface area contributed by atoms with Crippen LogP contribution in [0, 0.1) is 0 Å². The van der Waals surface area contributed by atoms with E-state index in [0.717, 1.165) is 22.3 Å². The molecule has 5 aromatic carbocycles. The van der Waals surface area contributed by atoms with Crippen LogP contribution >= 0.6 is 15.9 Å². The summed E-state index contributed by atoms with van der Waals surface area (Å²) in [6, 6.07) is 43.3. The van der Waals surface area contributed by atoms with Gasteiger partial charge in [0.05, 0.1) is 47.3 Å². The first-order valence-corrected chi connectivity index (χ1v) is 18.8. The molecule has 1 aliphatic heterocycles. The van der Waals surface area contributed by atoms with Crippen LogP contribution in [0.15, 0.2) is 140 Å². The molecular formula is C45H45BrO9. The largest absolute Gasteiger partial charge is 0.493 e. The van der Waals surface area contributed by atoms with E-state index < -0.39 is 30.7 Å². The molecule has 0 aliphatic carbocycles. The van der Waals surface area contributed by atoms with E-state index in [0.29, 0.717) is 36.0 Å². The van der Waals surface area contributed by atoms with Gasteiger partial charge >= 0.3 is 0 Å². The highest BCUT2D eigenvalue weighted by molar-refractivity contribution is 9.18. The third kappa shape index (κ3) is 11.6. The summed E-state index contributed by atoms with van der Waals surface area (Å²) in [5.74, 6) is 1.03. The van der Waals surface area contributed by atoms with Gasteiger partial charge in [-0.3, -0.25) is 4.79 Å². The lowest BCUT2D eigenvalue weighted by molar-refractivity contribution is -0.310. The van der Waals surface area contributed by atoms with Crippen LogP contribution in [0.4, 0.5) is 0 Å². The van der Waals surface area contributed by atoms with Crippen LogP contribution < -0.4 is 14.2 Å². The Hall–Kier alpha value is -4.81. The molecule has 0 aromatic heterocycles. The van der Waals surface area contributed by atoms with Gasteiger partial charge in [-0.15, -0.1) is 0 Å². The third-order valence-electron chi connectivity index (χ3n) is 8.96. The molecule has 1 heterocycles. The highest BCUT2D eigenvalue weighted by Crippen LogP contribution is 2.42. The van der Waals surface area contributed by atoms with Gasteiger partial charge in [0.25, 0.3) is 0 Å². The van der Waals surface area contributed by atoms with Crippen molar-refractivity contribution in [1.82, 2.24) is 0 Å². The number of benzene rings is 5. The van der Waals surface area contributed by atoms with E-state index in [4.69, 9.17) is 37.9 Å². The summed E-state index contributed by atoms with van der Waals surface area (Å²) < 4.78 is 51.7. The fourth-order valence-electron chi connectivity index (χ4n) is 6.23. The van der Waals surface area contributed by atoms with Crippen molar-refractivity contribution < 1.29 is 42.7 Å². The monoisotopic (exact) mass is 808 g/mol. The van der Waals surface area contributed by atoms with Crippen LogP contribution in [0.2, 0.25) is 0 Å². The number of methoxy groups -OCH3 is 2. The molecular weight excluding hydrogens is 764 g/mol. The van der Waals surface area contributed by atoms with E-state index in [1.807, 2.05) is 121 Å². The Bertz CT molecular complexity index is 1900. The molecule has 5 atom stereocenters. The smallest absolute Gasteiger partial charge is 0.229 e. The van der Waals surface area contributed by atoms with Crippen molar-refractivity contribution in [3.8, 4) is 17.2 Å². The van der Waals surface area contributed by atoms with Crippen molar-refractivity contribution in [3.05, 3.63) is 167 Å². The number of halogens is 1. The number of rotatable bonds is 19. The molecule has 55 heavy (non-hydrogen) atoms. The van der Waals surface area contributed by atoms with Crippen molar-refractivity contribution in [2.45, 2.75) is 57.1 Å². The summed E-state index contributed by atoms with van der Waals surface area (Å²) in [5.41, 5.74) is 4.64. The van der Waals surface area contributed by atoms with Gasteiger partial charge in [-0.05, 0) is 62.0 Å². The molecule has 1 aliphatic rings. The first-order chi connectivity index (χ1) is 27.0. The minimum absolute atomic E-state index is 0.170. The first-order valence-electron chi connectivity index (χ1n) is 18.0. The maximum absolute atomic E-state index is 11.7. The molecule has 0 radical (unpaired) electrons. The highest BCUT2D eigenvalue weighted by atomic mass is 79.9. The minimum atomic E-state index is -1.04. The molecule has 0 saturated carbocycles. The van der Waals surface area contributed by atoms with Gasteiger partial charge in [-0.2, -0.15) is 0 Å². The zero-order valence-corrected chi connectivity index (χ0v) is 32.4. The number of carbonyl (C=O) groups is 1. The Morgan fingerprint density at radius 2 is 1.05 bits per heavy atom. The number of ether oxygens (including phenoxy) is 8. The van der Waals surface area contributed by atoms with Gasteiger partial charge in [-0.1, -0.05) is 127 Å². The normalized spacial score (nSPS) is 19.6. The first kappa shape index (κ1) is 39.9. The predicted molar refractivity (Wildman–Crippen MR) is 213 cm³/mol. The fourth-order valence-corrected chi connectivity index (χ4v) is 6.36. The highest BCUT2D eigenvalue weighted by Gasteiger charge is 2.50. The molecule has 286 valence electrons. The average molecular weight is 810 g/mol. The van der Waals surface area contributed by atoms with Gasteiger partial charge in [0, 0.05) is 0 Å². The van der Waals surface area contributed by atoms with Gasteiger partial charge in [-0.25, -0.2) is 0 Å². The second kappa shape index (κ2) is 20.8. The quantitative estimate of drug-likeness (QED) is 0.0601. The third-order valence-corrected chi connectivity index (χ3v) is 9.23. The van der Waals surface area contributed by atoms with Crippen LogP contribution in [0.3, 0.4) is 0 Å². The number of carbonyl (C=O) groups excluding carboxylic acids is 1. The summed E-state index contributed by atoms with van der Waals surface area (Å²) in [6.07, 6.45) is -0.791. The van der Waals surface area contributed by atoms with Crippen LogP contribution in [-0.2, 0) is 54.9 Å². The van der Waals surface area contributed by atoms with E-state index in [1.54, 1.807) is 18.2 Å².